The molecule has 0 amide bonds. The average molecular weight is 221 g/mol. The number of phenols is 1. The molecule has 88 valence electrons. The second kappa shape index (κ2) is 4.85. The van der Waals surface area contributed by atoms with E-state index in [0.717, 1.165) is 18.7 Å². The van der Waals surface area contributed by atoms with Gasteiger partial charge in [-0.1, -0.05) is 32.0 Å². The van der Waals surface area contributed by atoms with Crippen molar-refractivity contribution in [2.75, 3.05) is 13.3 Å². The normalized spacial score (nSPS) is 21.8. The summed E-state index contributed by atoms with van der Waals surface area (Å²) in [4.78, 5) is 2.28. The summed E-state index contributed by atoms with van der Waals surface area (Å²) < 4.78 is 5.49. The first-order chi connectivity index (χ1) is 7.68. The standard InChI is InChI=1S/C13H19NO2/c1-10(2)12-8-16-9-14(12)7-11-5-3-4-6-13(11)15/h3-6,10,12,15H,7-9H2,1-2H3/t12-/m1/s1. The lowest BCUT2D eigenvalue weighted by Crippen LogP contribution is -2.34. The number of benzene rings is 1. The van der Waals surface area contributed by atoms with E-state index in [-0.39, 0.29) is 0 Å². The Hall–Kier alpha value is -1.06. The molecule has 0 saturated carbocycles. The Labute approximate surface area is 96.6 Å². The second-order valence-corrected chi connectivity index (χ2v) is 4.69. The Morgan fingerprint density at radius 3 is 2.88 bits per heavy atom. The molecule has 2 rings (SSSR count). The Bertz CT molecular complexity index is 352. The minimum atomic E-state index is 0.372. The number of nitrogens with zero attached hydrogens (tertiary/aromatic N) is 1. The fraction of sp³-hybridized carbons (Fsp3) is 0.538. The lowest BCUT2D eigenvalue weighted by Gasteiger charge is -2.25. The lowest BCUT2D eigenvalue weighted by molar-refractivity contribution is 0.130. The number of ether oxygens (including phenoxy) is 1. The molecule has 1 fully saturated rings. The third-order valence-electron chi connectivity index (χ3n) is 3.15. The van der Waals surface area contributed by atoms with Crippen molar-refractivity contribution in [1.29, 1.82) is 0 Å². The van der Waals surface area contributed by atoms with Crippen LogP contribution in [0.5, 0.6) is 5.75 Å². The van der Waals surface area contributed by atoms with Crippen LogP contribution in [0.1, 0.15) is 19.4 Å². The summed E-state index contributed by atoms with van der Waals surface area (Å²) in [7, 11) is 0. The van der Waals surface area contributed by atoms with Gasteiger partial charge in [0.2, 0.25) is 0 Å². The topological polar surface area (TPSA) is 32.7 Å². The Morgan fingerprint density at radius 2 is 2.19 bits per heavy atom. The number of rotatable bonds is 3. The molecule has 0 aliphatic carbocycles. The number of hydrogen-bond acceptors (Lipinski definition) is 3. The second-order valence-electron chi connectivity index (χ2n) is 4.69. The summed E-state index contributed by atoms with van der Waals surface area (Å²) in [6.07, 6.45) is 0. The van der Waals surface area contributed by atoms with E-state index in [1.807, 2.05) is 18.2 Å². The molecule has 3 heteroatoms. The maximum atomic E-state index is 9.73. The zero-order valence-electron chi connectivity index (χ0n) is 9.89. The summed E-state index contributed by atoms with van der Waals surface area (Å²) in [5.41, 5.74) is 0.971. The molecule has 1 aromatic carbocycles. The molecule has 1 aliphatic heterocycles. The molecule has 3 nitrogen and oxygen atoms in total. The van der Waals surface area contributed by atoms with Gasteiger partial charge in [-0.25, -0.2) is 0 Å². The van der Waals surface area contributed by atoms with Crippen LogP contribution < -0.4 is 0 Å². The van der Waals surface area contributed by atoms with Gasteiger partial charge in [0.25, 0.3) is 0 Å². The van der Waals surface area contributed by atoms with Crippen LogP contribution in [0.4, 0.5) is 0 Å². The largest absolute Gasteiger partial charge is 0.508 e. The van der Waals surface area contributed by atoms with Gasteiger partial charge in [-0.2, -0.15) is 0 Å². The van der Waals surface area contributed by atoms with Crippen molar-refractivity contribution < 1.29 is 9.84 Å². The first-order valence-corrected chi connectivity index (χ1v) is 5.77. The van der Waals surface area contributed by atoms with E-state index in [0.29, 0.717) is 24.4 Å². The third-order valence-corrected chi connectivity index (χ3v) is 3.15. The number of phenolic OH excluding ortho intramolecular Hbond substituents is 1. The lowest BCUT2D eigenvalue weighted by atomic mass is 10.0. The van der Waals surface area contributed by atoms with Crippen LogP contribution in [0.15, 0.2) is 24.3 Å². The molecule has 0 unspecified atom stereocenters. The molecule has 1 aromatic rings. The predicted octanol–water partition coefficient (Wildman–Crippen LogP) is 2.21. The van der Waals surface area contributed by atoms with Crippen LogP contribution in [0.2, 0.25) is 0 Å². The molecule has 1 N–H and O–H groups in total. The monoisotopic (exact) mass is 221 g/mol. The van der Waals surface area contributed by atoms with E-state index in [9.17, 15) is 5.11 Å². The van der Waals surface area contributed by atoms with Crippen molar-refractivity contribution in [3.8, 4) is 5.75 Å². The highest BCUT2D eigenvalue weighted by Crippen LogP contribution is 2.23. The van der Waals surface area contributed by atoms with Gasteiger partial charge in [0, 0.05) is 18.2 Å². The Balaban J connectivity index is 2.07. The molecule has 1 heterocycles. The van der Waals surface area contributed by atoms with E-state index in [4.69, 9.17) is 4.74 Å². The van der Waals surface area contributed by atoms with E-state index in [1.54, 1.807) is 6.07 Å². The average Bonchev–Trinajstić information content (AvgIpc) is 2.69. The van der Waals surface area contributed by atoms with E-state index < -0.39 is 0 Å². The quantitative estimate of drug-likeness (QED) is 0.849. The molecule has 1 saturated heterocycles. The van der Waals surface area contributed by atoms with Gasteiger partial charge < -0.3 is 9.84 Å². The van der Waals surface area contributed by atoms with Crippen molar-refractivity contribution in [2.45, 2.75) is 26.4 Å². The first kappa shape index (κ1) is 11.4. The number of hydrogen-bond donors (Lipinski definition) is 1. The smallest absolute Gasteiger partial charge is 0.120 e. The summed E-state index contributed by atoms with van der Waals surface area (Å²) in [6.45, 7) is 6.63. The fourth-order valence-electron chi connectivity index (χ4n) is 2.13. The van der Waals surface area contributed by atoms with Gasteiger partial charge in [-0.05, 0) is 12.0 Å². The molecule has 1 aliphatic rings. The number of aromatic hydroxyl groups is 1. The van der Waals surface area contributed by atoms with E-state index in [2.05, 4.69) is 18.7 Å². The van der Waals surface area contributed by atoms with Crippen LogP contribution in [0.25, 0.3) is 0 Å². The van der Waals surface area contributed by atoms with E-state index in [1.165, 1.54) is 0 Å². The Kier molecular flexibility index (Phi) is 3.46. The summed E-state index contributed by atoms with van der Waals surface area (Å²) in [6, 6.07) is 7.96. The van der Waals surface area contributed by atoms with Gasteiger partial charge in [0.05, 0.1) is 13.3 Å². The highest BCUT2D eigenvalue weighted by Gasteiger charge is 2.28. The van der Waals surface area contributed by atoms with Gasteiger partial charge in [-0.15, -0.1) is 0 Å². The van der Waals surface area contributed by atoms with Gasteiger partial charge >= 0.3 is 0 Å². The molecule has 0 radical (unpaired) electrons. The molecule has 16 heavy (non-hydrogen) atoms. The van der Waals surface area contributed by atoms with Crippen molar-refractivity contribution in [3.63, 3.8) is 0 Å². The molecular formula is C13H19NO2. The Morgan fingerprint density at radius 1 is 1.44 bits per heavy atom. The van der Waals surface area contributed by atoms with Crippen LogP contribution in [0.3, 0.4) is 0 Å². The van der Waals surface area contributed by atoms with Gasteiger partial charge in [0.1, 0.15) is 5.75 Å². The molecule has 0 aromatic heterocycles. The molecule has 0 bridgehead atoms. The van der Waals surface area contributed by atoms with Crippen LogP contribution in [-0.4, -0.2) is 29.4 Å². The third kappa shape index (κ3) is 2.36. The maximum absolute atomic E-state index is 9.73. The minimum absolute atomic E-state index is 0.372. The van der Waals surface area contributed by atoms with Crippen molar-refractivity contribution >= 4 is 0 Å². The van der Waals surface area contributed by atoms with Crippen molar-refractivity contribution in [1.82, 2.24) is 4.90 Å². The summed E-state index contributed by atoms with van der Waals surface area (Å²) >= 11 is 0. The molecule has 0 spiro atoms. The zero-order valence-corrected chi connectivity index (χ0v) is 9.89. The fourth-order valence-corrected chi connectivity index (χ4v) is 2.13. The highest BCUT2D eigenvalue weighted by atomic mass is 16.5. The first-order valence-electron chi connectivity index (χ1n) is 5.77. The van der Waals surface area contributed by atoms with E-state index >= 15 is 0 Å². The van der Waals surface area contributed by atoms with Crippen LogP contribution in [0, 0.1) is 5.92 Å². The summed E-state index contributed by atoms with van der Waals surface area (Å²) in [5.74, 6) is 0.949. The minimum Gasteiger partial charge on any atom is -0.508 e. The summed E-state index contributed by atoms with van der Waals surface area (Å²) in [5, 5.41) is 9.73. The van der Waals surface area contributed by atoms with Gasteiger partial charge in [0.15, 0.2) is 0 Å². The van der Waals surface area contributed by atoms with Gasteiger partial charge in [-0.3, -0.25) is 4.90 Å². The predicted molar refractivity (Wildman–Crippen MR) is 63.1 cm³/mol. The zero-order chi connectivity index (χ0) is 11.5. The highest BCUT2D eigenvalue weighted by molar-refractivity contribution is 5.31. The van der Waals surface area contributed by atoms with Crippen molar-refractivity contribution in [3.05, 3.63) is 29.8 Å². The molecular weight excluding hydrogens is 202 g/mol. The number of para-hydroxylation sites is 1. The van der Waals surface area contributed by atoms with Crippen molar-refractivity contribution in [2.24, 2.45) is 5.92 Å². The SMILES string of the molecule is CC(C)[C@H]1COCN1Cc1ccccc1O. The van der Waals surface area contributed by atoms with Crippen LogP contribution >= 0.6 is 0 Å². The molecule has 1 atom stereocenters. The van der Waals surface area contributed by atoms with Crippen LogP contribution in [-0.2, 0) is 11.3 Å². The maximum Gasteiger partial charge on any atom is 0.120 e.